The molecule has 0 rings (SSSR count). The molecule has 0 fully saturated rings. The minimum Gasteiger partial charge on any atom is -0.179 e. The second kappa shape index (κ2) is 45.6. The van der Waals surface area contributed by atoms with Gasteiger partial charge in [0, 0.05) is 4.75 Å². The van der Waals surface area contributed by atoms with Gasteiger partial charge in [-0.2, -0.15) is 101 Å². The van der Waals surface area contributed by atoms with Gasteiger partial charge in [-0.25, -0.2) is 0 Å². The van der Waals surface area contributed by atoms with Crippen LogP contribution in [0.25, 0.3) is 0 Å². The summed E-state index contributed by atoms with van der Waals surface area (Å²) in [6.07, 6.45) is 53.3. The van der Waals surface area contributed by atoms with Gasteiger partial charge in [0.15, 0.2) is 0 Å². The van der Waals surface area contributed by atoms with Crippen molar-refractivity contribution in [3.63, 3.8) is 0 Å². The van der Waals surface area contributed by atoms with Crippen LogP contribution in [0, 0.1) is 16.7 Å². The van der Waals surface area contributed by atoms with E-state index in [-0.39, 0.29) is 15.6 Å². The quantitative estimate of drug-likeness (QED) is 0.0216. The highest BCUT2D eigenvalue weighted by atomic mass is 32.1. The van der Waals surface area contributed by atoms with Crippen LogP contribution in [0.1, 0.15) is 264 Å². The Morgan fingerprint density at radius 1 is 0.283 bits per heavy atom. The average molecular weight is 988 g/mol. The Hall–Kier alpha value is 2.80. The van der Waals surface area contributed by atoms with Crippen LogP contribution in [0.2, 0.25) is 0 Å². The van der Waals surface area contributed by atoms with Gasteiger partial charge in [-0.05, 0) is 153 Å². The SMILES string of the molecule is CCCCCCC(CCCS)C(CCCCS)(CCCCCS)C(CCCCCCS)(CCCCCCCS)C(S)(CCCCCCCCS)CCCCCCCCCS. The highest BCUT2D eigenvalue weighted by molar-refractivity contribution is 7.82. The predicted octanol–water partition coefficient (Wildman–Crippen LogP) is 19.4. The lowest BCUT2D eigenvalue weighted by molar-refractivity contribution is -0.0982. The van der Waals surface area contributed by atoms with Crippen molar-refractivity contribution in [1.82, 2.24) is 0 Å². The summed E-state index contributed by atoms with van der Waals surface area (Å²) >= 11 is 39.3. The van der Waals surface area contributed by atoms with Gasteiger partial charge in [0.2, 0.25) is 0 Å². The van der Waals surface area contributed by atoms with Crippen molar-refractivity contribution < 1.29 is 0 Å². The summed E-state index contributed by atoms with van der Waals surface area (Å²) in [6, 6.07) is 0. The molecule has 0 aliphatic heterocycles. The van der Waals surface area contributed by atoms with Crippen molar-refractivity contribution in [3.05, 3.63) is 0 Å². The van der Waals surface area contributed by atoms with E-state index in [1.165, 1.54) is 257 Å². The van der Waals surface area contributed by atoms with Crippen LogP contribution in [0.15, 0.2) is 0 Å². The van der Waals surface area contributed by atoms with E-state index in [0.29, 0.717) is 0 Å². The molecular formula is C52H106S8. The Labute approximate surface area is 423 Å². The zero-order valence-corrected chi connectivity index (χ0v) is 47.0. The zero-order valence-electron chi connectivity index (χ0n) is 39.9. The van der Waals surface area contributed by atoms with Crippen LogP contribution in [-0.4, -0.2) is 45.0 Å². The van der Waals surface area contributed by atoms with Gasteiger partial charge in [0.25, 0.3) is 0 Å². The fourth-order valence-corrected chi connectivity index (χ4v) is 13.6. The van der Waals surface area contributed by atoms with E-state index >= 15 is 0 Å². The Morgan fingerprint density at radius 2 is 0.550 bits per heavy atom. The maximum Gasteiger partial charge on any atom is 0.0191 e. The summed E-state index contributed by atoms with van der Waals surface area (Å²) in [5, 5.41) is 0. The Bertz CT molecular complexity index is 862. The highest BCUT2D eigenvalue weighted by Crippen LogP contribution is 2.67. The molecule has 4 unspecified atom stereocenters. The van der Waals surface area contributed by atoms with Gasteiger partial charge in [-0.15, -0.1) is 0 Å². The molecule has 8 heteroatoms. The summed E-state index contributed by atoms with van der Waals surface area (Å²) in [5.74, 6) is 7.84. The summed E-state index contributed by atoms with van der Waals surface area (Å²) in [7, 11) is 0. The Balaban J connectivity index is 7.85. The standard InChI is InChI=1S/C52H106S8/c1-2-3-4-20-34-49(35-33-48-59)50(37-26-32-47-58,36-21-19-31-46-57)51(39-23-14-18-30-45-56,38-22-11-10-17-29-44-55)52(60,41-25-13-7-9-16-28-43-54)40-24-12-6-5-8-15-27-42-53/h49,53-60H,2-48H2,1H3. The van der Waals surface area contributed by atoms with Crippen molar-refractivity contribution in [2.75, 3.05) is 40.3 Å². The third-order valence-electron chi connectivity index (χ3n) is 14.6. The molecule has 0 aromatic carbocycles. The van der Waals surface area contributed by atoms with Crippen LogP contribution in [0.3, 0.4) is 0 Å². The average Bonchev–Trinajstić information content (AvgIpc) is 3.25. The van der Waals surface area contributed by atoms with E-state index in [2.05, 4.69) is 57.4 Å². The number of thiol groups is 8. The fraction of sp³-hybridized carbons (Fsp3) is 1.00. The molecule has 0 aromatic rings. The van der Waals surface area contributed by atoms with E-state index in [1.807, 2.05) is 0 Å². The Morgan fingerprint density at radius 3 is 0.933 bits per heavy atom. The molecule has 0 N–H and O–H groups in total. The molecule has 0 aromatic heterocycles. The lowest BCUT2D eigenvalue weighted by Crippen LogP contribution is -2.59. The van der Waals surface area contributed by atoms with Gasteiger partial charge in [0.1, 0.15) is 0 Å². The second-order valence-electron chi connectivity index (χ2n) is 19.1. The molecule has 0 radical (unpaired) electrons. The highest BCUT2D eigenvalue weighted by Gasteiger charge is 2.61. The molecule has 0 heterocycles. The van der Waals surface area contributed by atoms with E-state index < -0.39 is 0 Å². The van der Waals surface area contributed by atoms with E-state index in [9.17, 15) is 0 Å². The normalized spacial score (nSPS) is 15.6. The first kappa shape index (κ1) is 62.8. The molecule has 0 aliphatic rings. The number of unbranched alkanes of at least 4 members (excludes halogenated alkanes) is 24. The fourth-order valence-electron chi connectivity index (χ4n) is 11.3. The first-order valence-corrected chi connectivity index (χ1v) is 31.2. The van der Waals surface area contributed by atoms with Crippen LogP contribution >= 0.6 is 101 Å². The molecule has 0 aliphatic carbocycles. The topological polar surface area (TPSA) is 0 Å². The molecule has 0 spiro atoms. The molecule has 0 saturated carbocycles. The van der Waals surface area contributed by atoms with Gasteiger partial charge in [-0.1, -0.05) is 167 Å². The molecule has 4 atom stereocenters. The lowest BCUT2D eigenvalue weighted by atomic mass is 9.44. The van der Waals surface area contributed by atoms with Crippen LogP contribution < -0.4 is 0 Å². The molecule has 60 heavy (non-hydrogen) atoms. The molecular weight excluding hydrogens is 881 g/mol. The van der Waals surface area contributed by atoms with E-state index in [4.69, 9.17) is 50.5 Å². The number of hydrogen-bond donors (Lipinski definition) is 8. The second-order valence-corrected chi connectivity index (χ2v) is 23.1. The summed E-state index contributed by atoms with van der Waals surface area (Å²) < 4.78 is 0.0336. The van der Waals surface area contributed by atoms with Crippen LogP contribution in [0.4, 0.5) is 0 Å². The van der Waals surface area contributed by atoms with Gasteiger partial charge in [-0.3, -0.25) is 0 Å². The maximum atomic E-state index is 6.46. The number of hydrogen-bond acceptors (Lipinski definition) is 8. The van der Waals surface area contributed by atoms with Gasteiger partial charge in [0.05, 0.1) is 0 Å². The van der Waals surface area contributed by atoms with E-state index in [0.717, 1.165) is 46.2 Å². The third-order valence-corrected chi connectivity index (χ3v) is 17.7. The molecule has 0 nitrogen and oxygen atoms in total. The minimum atomic E-state index is 0.0336. The van der Waals surface area contributed by atoms with Gasteiger partial charge < -0.3 is 0 Å². The van der Waals surface area contributed by atoms with E-state index in [1.54, 1.807) is 0 Å². The largest absolute Gasteiger partial charge is 0.179 e. The Kier molecular flexibility index (Phi) is 47.7. The first-order valence-electron chi connectivity index (χ1n) is 26.4. The third kappa shape index (κ3) is 28.2. The molecule has 0 bridgehead atoms. The minimum absolute atomic E-state index is 0.0336. The van der Waals surface area contributed by atoms with Crippen molar-refractivity contribution in [3.8, 4) is 0 Å². The predicted molar refractivity (Wildman–Crippen MR) is 307 cm³/mol. The van der Waals surface area contributed by atoms with Crippen molar-refractivity contribution >= 4 is 101 Å². The number of rotatable bonds is 50. The molecule has 0 amide bonds. The van der Waals surface area contributed by atoms with Crippen molar-refractivity contribution in [1.29, 1.82) is 0 Å². The summed E-state index contributed by atoms with van der Waals surface area (Å²) in [4.78, 5) is 0. The molecule has 362 valence electrons. The van der Waals surface area contributed by atoms with Crippen LogP contribution in [0.5, 0.6) is 0 Å². The zero-order chi connectivity index (χ0) is 44.3. The van der Waals surface area contributed by atoms with Crippen molar-refractivity contribution in [2.45, 2.75) is 269 Å². The summed E-state index contributed by atoms with van der Waals surface area (Å²) in [5.41, 5.74) is 0.480. The maximum absolute atomic E-state index is 6.46. The van der Waals surface area contributed by atoms with Crippen LogP contribution in [-0.2, 0) is 0 Å². The first-order chi connectivity index (χ1) is 29.4. The smallest absolute Gasteiger partial charge is 0.0191 e. The van der Waals surface area contributed by atoms with Crippen molar-refractivity contribution in [2.24, 2.45) is 16.7 Å². The molecule has 0 saturated heterocycles. The monoisotopic (exact) mass is 987 g/mol. The summed E-state index contributed by atoms with van der Waals surface area (Å²) in [6.45, 7) is 2.38. The lowest BCUT2D eigenvalue weighted by Gasteiger charge is -2.64. The van der Waals surface area contributed by atoms with Gasteiger partial charge >= 0.3 is 0 Å².